The average Bonchev–Trinajstić information content (AvgIpc) is 2.85. The van der Waals surface area contributed by atoms with Gasteiger partial charge in [0.1, 0.15) is 17.7 Å². The molecule has 0 spiro atoms. The van der Waals surface area contributed by atoms with Crippen LogP contribution in [0.1, 0.15) is 37.2 Å². The summed E-state index contributed by atoms with van der Waals surface area (Å²) in [6.45, 7) is 3.83. The fourth-order valence-electron chi connectivity index (χ4n) is 3.50. The van der Waals surface area contributed by atoms with Gasteiger partial charge in [-0.3, -0.25) is 4.79 Å². The molecule has 5 nitrogen and oxygen atoms in total. The monoisotopic (exact) mass is 312 g/mol. The lowest BCUT2D eigenvalue weighted by molar-refractivity contribution is -0.117. The quantitative estimate of drug-likeness (QED) is 0.879. The first-order chi connectivity index (χ1) is 11.0. The molecule has 0 bridgehead atoms. The summed E-state index contributed by atoms with van der Waals surface area (Å²) >= 11 is 0. The van der Waals surface area contributed by atoms with Crippen LogP contribution in [0.2, 0.25) is 0 Å². The van der Waals surface area contributed by atoms with Gasteiger partial charge in [-0.05, 0) is 25.3 Å². The van der Waals surface area contributed by atoms with Gasteiger partial charge in [-0.1, -0.05) is 25.1 Å². The largest absolute Gasteiger partial charge is 0.328 e. The van der Waals surface area contributed by atoms with Gasteiger partial charge in [0, 0.05) is 23.3 Å². The Hall–Kier alpha value is -2.50. The van der Waals surface area contributed by atoms with Crippen molar-refractivity contribution in [2.45, 2.75) is 32.7 Å². The van der Waals surface area contributed by atoms with Gasteiger partial charge in [0.2, 0.25) is 5.95 Å². The molecule has 118 valence electrons. The van der Waals surface area contributed by atoms with Gasteiger partial charge in [0.05, 0.1) is 0 Å². The highest BCUT2D eigenvalue weighted by Crippen LogP contribution is 2.41. The first-order valence-electron chi connectivity index (χ1n) is 7.75. The van der Waals surface area contributed by atoms with Gasteiger partial charge >= 0.3 is 0 Å². The highest BCUT2D eigenvalue weighted by atomic mass is 19.1. The van der Waals surface area contributed by atoms with E-state index >= 15 is 0 Å². The number of nitrogens with one attached hydrogen (secondary N) is 1. The number of hydrogen-bond donors (Lipinski definition) is 1. The Bertz CT molecular complexity index is 839. The molecule has 2 heterocycles. The van der Waals surface area contributed by atoms with Crippen molar-refractivity contribution in [3.63, 3.8) is 0 Å². The fourth-order valence-corrected chi connectivity index (χ4v) is 3.50. The normalized spacial score (nSPS) is 23.3. The molecule has 6 heteroatoms. The number of benzene rings is 1. The number of ketones is 1. The summed E-state index contributed by atoms with van der Waals surface area (Å²) in [6.07, 6.45) is 1.24. The molecule has 1 N–H and O–H groups in total. The van der Waals surface area contributed by atoms with Gasteiger partial charge in [0.25, 0.3) is 0 Å². The molecule has 0 amide bonds. The van der Waals surface area contributed by atoms with Crippen LogP contribution in [0.25, 0.3) is 0 Å². The number of carbonyl (C=O) groups excluding carboxylic acids is 1. The van der Waals surface area contributed by atoms with E-state index in [0.717, 1.165) is 12.1 Å². The maximum Gasteiger partial charge on any atom is 0.226 e. The fraction of sp³-hybridized carbons (Fsp3) is 0.353. The van der Waals surface area contributed by atoms with Crippen LogP contribution in [0.15, 0.2) is 35.5 Å². The smallest absolute Gasteiger partial charge is 0.226 e. The molecule has 4 rings (SSSR count). The molecule has 0 saturated carbocycles. The number of halogens is 1. The zero-order chi connectivity index (χ0) is 16.1. The number of allylic oxidation sites excluding steroid dienone is 2. The van der Waals surface area contributed by atoms with Crippen molar-refractivity contribution in [3.05, 3.63) is 52.7 Å². The van der Waals surface area contributed by atoms with Crippen molar-refractivity contribution >= 4 is 11.7 Å². The molecule has 1 aliphatic heterocycles. The Morgan fingerprint density at radius 1 is 1.30 bits per heavy atom. The highest BCUT2D eigenvalue weighted by Gasteiger charge is 2.39. The Morgan fingerprint density at radius 2 is 2.09 bits per heavy atom. The highest BCUT2D eigenvalue weighted by molar-refractivity contribution is 5.99. The van der Waals surface area contributed by atoms with E-state index in [1.807, 2.05) is 6.92 Å². The average molecular weight is 312 g/mol. The summed E-state index contributed by atoms with van der Waals surface area (Å²) in [5, 5.41) is 7.61. The number of carbonyl (C=O) groups is 1. The second-order valence-electron chi connectivity index (χ2n) is 6.31. The zero-order valence-electron chi connectivity index (χ0n) is 13.0. The van der Waals surface area contributed by atoms with Crippen LogP contribution in [0.4, 0.5) is 10.3 Å². The molecule has 2 aliphatic rings. The number of nitrogens with zero attached hydrogens (tertiary/aromatic N) is 3. The predicted octanol–water partition coefficient (Wildman–Crippen LogP) is 2.99. The zero-order valence-corrected chi connectivity index (χ0v) is 13.0. The van der Waals surface area contributed by atoms with Crippen molar-refractivity contribution in [2.75, 3.05) is 5.32 Å². The molecule has 2 aromatic rings. The SMILES string of the molecule is Cc1nc2n(n1)[C@H](c1ccccc1F)C1=C(C[C@@H](C)CC1=O)N2. The summed E-state index contributed by atoms with van der Waals surface area (Å²) in [5.74, 6) is 1.14. The summed E-state index contributed by atoms with van der Waals surface area (Å²) in [5.41, 5.74) is 1.92. The molecular weight excluding hydrogens is 295 g/mol. The van der Waals surface area contributed by atoms with E-state index in [2.05, 4.69) is 15.4 Å². The van der Waals surface area contributed by atoms with Crippen molar-refractivity contribution in [1.82, 2.24) is 14.8 Å². The van der Waals surface area contributed by atoms with Crippen LogP contribution in [-0.2, 0) is 4.79 Å². The molecule has 0 fully saturated rings. The minimum Gasteiger partial charge on any atom is -0.328 e. The molecule has 1 aromatic heterocycles. The second-order valence-corrected chi connectivity index (χ2v) is 6.31. The van der Waals surface area contributed by atoms with Crippen molar-refractivity contribution < 1.29 is 9.18 Å². The number of fused-ring (bicyclic) bond motifs is 1. The van der Waals surface area contributed by atoms with E-state index in [9.17, 15) is 9.18 Å². The van der Waals surface area contributed by atoms with Gasteiger partial charge in [-0.15, -0.1) is 0 Å². The molecule has 0 radical (unpaired) electrons. The van der Waals surface area contributed by atoms with Crippen molar-refractivity contribution in [3.8, 4) is 0 Å². The summed E-state index contributed by atoms with van der Waals surface area (Å²) in [6, 6.07) is 6.00. The van der Waals surface area contributed by atoms with Crippen LogP contribution >= 0.6 is 0 Å². The van der Waals surface area contributed by atoms with Crippen LogP contribution in [0.3, 0.4) is 0 Å². The first-order valence-corrected chi connectivity index (χ1v) is 7.75. The van der Waals surface area contributed by atoms with E-state index < -0.39 is 6.04 Å². The van der Waals surface area contributed by atoms with Crippen LogP contribution in [0.5, 0.6) is 0 Å². The van der Waals surface area contributed by atoms with E-state index in [-0.39, 0.29) is 17.5 Å². The number of anilines is 1. The molecule has 2 atom stereocenters. The number of rotatable bonds is 1. The lowest BCUT2D eigenvalue weighted by atomic mass is 9.81. The van der Waals surface area contributed by atoms with Crippen LogP contribution < -0.4 is 5.32 Å². The molecule has 1 aliphatic carbocycles. The topological polar surface area (TPSA) is 59.8 Å². The third-order valence-electron chi connectivity index (χ3n) is 4.43. The van der Waals surface area contributed by atoms with E-state index in [1.54, 1.807) is 29.8 Å². The van der Waals surface area contributed by atoms with Gasteiger partial charge in [-0.25, -0.2) is 9.07 Å². The van der Waals surface area contributed by atoms with Crippen molar-refractivity contribution in [2.24, 2.45) is 5.92 Å². The molecular formula is C17H17FN4O. The standard InChI is InChI=1S/C17H17FN4O/c1-9-7-13-15(14(23)8-9)16(11-5-3-4-6-12(11)18)22-17(20-13)19-10(2)21-22/h3-6,9,16H,7-8H2,1-2H3,(H,19,20,21)/t9-,16-/m1/s1. The van der Waals surface area contributed by atoms with Gasteiger partial charge < -0.3 is 5.32 Å². The summed E-state index contributed by atoms with van der Waals surface area (Å²) < 4.78 is 16.0. The first kappa shape index (κ1) is 14.1. The number of hydrogen-bond acceptors (Lipinski definition) is 4. The number of aromatic nitrogens is 3. The van der Waals surface area contributed by atoms with Crippen LogP contribution in [0, 0.1) is 18.7 Å². The van der Waals surface area contributed by atoms with Gasteiger partial charge in [-0.2, -0.15) is 10.1 Å². The van der Waals surface area contributed by atoms with E-state index in [0.29, 0.717) is 29.3 Å². The van der Waals surface area contributed by atoms with Crippen LogP contribution in [-0.4, -0.2) is 20.5 Å². The van der Waals surface area contributed by atoms with Crippen molar-refractivity contribution in [1.29, 1.82) is 0 Å². The lowest BCUT2D eigenvalue weighted by Crippen LogP contribution is -2.33. The lowest BCUT2D eigenvalue weighted by Gasteiger charge is -2.34. The molecule has 23 heavy (non-hydrogen) atoms. The summed E-state index contributed by atoms with van der Waals surface area (Å²) in [4.78, 5) is 17.0. The Balaban J connectivity index is 1.95. The maximum atomic E-state index is 14.4. The number of aryl methyl sites for hydroxylation is 1. The Morgan fingerprint density at radius 3 is 2.87 bits per heavy atom. The third kappa shape index (κ3) is 2.17. The maximum absolute atomic E-state index is 14.4. The number of Topliss-reactive ketones (excluding diaryl/α,β-unsaturated/α-hetero) is 1. The Kier molecular flexibility index (Phi) is 3.07. The third-order valence-corrected chi connectivity index (χ3v) is 4.43. The minimum atomic E-state index is -0.552. The molecule has 0 unspecified atom stereocenters. The Labute approximate surface area is 133 Å². The minimum absolute atomic E-state index is 0.0540. The van der Waals surface area contributed by atoms with Gasteiger partial charge in [0.15, 0.2) is 5.78 Å². The van der Waals surface area contributed by atoms with E-state index in [1.165, 1.54) is 6.07 Å². The summed E-state index contributed by atoms with van der Waals surface area (Å²) in [7, 11) is 0. The predicted molar refractivity (Wildman–Crippen MR) is 83.4 cm³/mol. The van der Waals surface area contributed by atoms with E-state index in [4.69, 9.17) is 0 Å². The molecule has 0 saturated heterocycles. The second kappa shape index (κ2) is 5.01. The molecule has 1 aromatic carbocycles.